The van der Waals surface area contributed by atoms with Gasteiger partial charge in [-0.3, -0.25) is 0 Å². The van der Waals surface area contributed by atoms with Crippen LogP contribution in [0.3, 0.4) is 0 Å². The quantitative estimate of drug-likeness (QED) is 0.624. The van der Waals surface area contributed by atoms with Gasteiger partial charge in [-0.2, -0.15) is 13.2 Å². The summed E-state index contributed by atoms with van der Waals surface area (Å²) < 4.78 is 38.0. The lowest BCUT2D eigenvalue weighted by Crippen LogP contribution is -2.03. The molecule has 0 nitrogen and oxygen atoms in total. The summed E-state index contributed by atoms with van der Waals surface area (Å²) in [4.78, 5) is 0. The van der Waals surface area contributed by atoms with Crippen molar-refractivity contribution in [3.05, 3.63) is 76.8 Å². The van der Waals surface area contributed by atoms with Gasteiger partial charge in [0.05, 0.1) is 0 Å². The number of alkyl halides is 3. The zero-order chi connectivity index (χ0) is 15.3. The van der Waals surface area contributed by atoms with Crippen LogP contribution in [0.1, 0.15) is 11.1 Å². The summed E-state index contributed by atoms with van der Waals surface area (Å²) in [5.41, 5.74) is 0.745. The maximum atomic E-state index is 12.7. The Balaban J connectivity index is 2.47. The van der Waals surface area contributed by atoms with Crippen LogP contribution in [-0.4, -0.2) is 6.18 Å². The molecule has 106 valence electrons. The predicted octanol–water partition coefficient (Wildman–Crippen LogP) is 5.34. The van der Waals surface area contributed by atoms with Gasteiger partial charge in [0.2, 0.25) is 0 Å². The minimum atomic E-state index is -4.46. The van der Waals surface area contributed by atoms with E-state index in [9.17, 15) is 13.2 Å². The Labute approximate surface area is 125 Å². The lowest BCUT2D eigenvalue weighted by atomic mass is 10.1. The Morgan fingerprint density at radius 1 is 0.952 bits per heavy atom. The molecule has 0 aliphatic rings. The standard InChI is InChI=1S/C17H10ClF3/c18-16-9-5-4-8-15(16)14(12-17(19,20)21)11-10-13-6-2-1-3-7-13/h1-9,12H/b14-12-. The third kappa shape index (κ3) is 4.70. The molecule has 0 saturated carbocycles. The highest BCUT2D eigenvalue weighted by Gasteiger charge is 2.25. The maximum Gasteiger partial charge on any atom is 0.410 e. The van der Waals surface area contributed by atoms with Crippen molar-refractivity contribution in [3.63, 3.8) is 0 Å². The van der Waals surface area contributed by atoms with Gasteiger partial charge in [-0.25, -0.2) is 0 Å². The Morgan fingerprint density at radius 2 is 1.57 bits per heavy atom. The van der Waals surface area contributed by atoms with Crippen LogP contribution in [0.25, 0.3) is 5.57 Å². The molecule has 2 aromatic rings. The van der Waals surface area contributed by atoms with E-state index >= 15 is 0 Å². The van der Waals surface area contributed by atoms with Crippen molar-refractivity contribution < 1.29 is 13.2 Å². The summed E-state index contributed by atoms with van der Waals surface area (Å²) in [6, 6.07) is 15.1. The van der Waals surface area contributed by atoms with Gasteiger partial charge in [0.1, 0.15) is 0 Å². The van der Waals surface area contributed by atoms with Gasteiger partial charge in [0.15, 0.2) is 0 Å². The number of halogens is 4. The number of hydrogen-bond donors (Lipinski definition) is 0. The molecule has 0 spiro atoms. The highest BCUT2D eigenvalue weighted by atomic mass is 35.5. The Morgan fingerprint density at radius 3 is 2.19 bits per heavy atom. The molecule has 0 bridgehead atoms. The molecule has 2 aromatic carbocycles. The Bertz CT molecular complexity index is 704. The molecule has 0 fully saturated rings. The van der Waals surface area contributed by atoms with E-state index in [1.165, 1.54) is 12.1 Å². The molecule has 0 N–H and O–H groups in total. The van der Waals surface area contributed by atoms with Crippen LogP contribution in [0, 0.1) is 11.8 Å². The zero-order valence-electron chi connectivity index (χ0n) is 10.8. The van der Waals surface area contributed by atoms with Gasteiger partial charge in [-0.05, 0) is 18.2 Å². The Hall–Kier alpha value is -2.18. The maximum absolute atomic E-state index is 12.7. The fourth-order valence-electron chi connectivity index (χ4n) is 1.69. The van der Waals surface area contributed by atoms with Crippen molar-refractivity contribution >= 4 is 17.2 Å². The number of allylic oxidation sites excluding steroid dienone is 2. The molecule has 0 radical (unpaired) electrons. The van der Waals surface area contributed by atoms with Gasteiger partial charge < -0.3 is 0 Å². The molecular formula is C17H10ClF3. The summed E-state index contributed by atoms with van der Waals surface area (Å²) in [6.45, 7) is 0. The van der Waals surface area contributed by atoms with Crippen LogP contribution in [0.5, 0.6) is 0 Å². The third-order valence-electron chi connectivity index (χ3n) is 2.59. The topological polar surface area (TPSA) is 0 Å². The second-order valence-electron chi connectivity index (χ2n) is 4.20. The Kier molecular flexibility index (Phi) is 4.72. The van der Waals surface area contributed by atoms with E-state index in [2.05, 4.69) is 11.8 Å². The van der Waals surface area contributed by atoms with Crippen molar-refractivity contribution in [2.45, 2.75) is 6.18 Å². The predicted molar refractivity (Wildman–Crippen MR) is 78.8 cm³/mol. The molecule has 4 heteroatoms. The first-order chi connectivity index (χ1) is 9.96. The second-order valence-corrected chi connectivity index (χ2v) is 4.60. The molecule has 0 atom stereocenters. The molecule has 0 aliphatic carbocycles. The van der Waals surface area contributed by atoms with Gasteiger partial charge in [-0.15, -0.1) is 0 Å². The molecule has 0 aromatic heterocycles. The molecule has 21 heavy (non-hydrogen) atoms. The monoisotopic (exact) mass is 306 g/mol. The molecule has 0 amide bonds. The highest BCUT2D eigenvalue weighted by molar-refractivity contribution is 6.32. The third-order valence-corrected chi connectivity index (χ3v) is 2.92. The molecular weight excluding hydrogens is 297 g/mol. The average molecular weight is 307 g/mol. The van der Waals surface area contributed by atoms with Crippen LogP contribution in [-0.2, 0) is 0 Å². The highest BCUT2D eigenvalue weighted by Crippen LogP contribution is 2.28. The van der Waals surface area contributed by atoms with Crippen LogP contribution in [0.15, 0.2) is 60.7 Å². The van der Waals surface area contributed by atoms with Gasteiger partial charge in [0, 0.05) is 27.8 Å². The lowest BCUT2D eigenvalue weighted by molar-refractivity contribution is -0.0792. The number of rotatable bonds is 1. The van der Waals surface area contributed by atoms with E-state index < -0.39 is 6.18 Å². The normalized spacial score (nSPS) is 11.7. The van der Waals surface area contributed by atoms with Crippen LogP contribution in [0.4, 0.5) is 13.2 Å². The smallest absolute Gasteiger partial charge is 0.167 e. The summed E-state index contributed by atoms with van der Waals surface area (Å²) >= 11 is 5.95. The van der Waals surface area contributed by atoms with E-state index in [-0.39, 0.29) is 22.2 Å². The molecule has 2 rings (SSSR count). The number of benzene rings is 2. The van der Waals surface area contributed by atoms with Crippen molar-refractivity contribution in [1.82, 2.24) is 0 Å². The van der Waals surface area contributed by atoms with Crippen molar-refractivity contribution in [1.29, 1.82) is 0 Å². The number of hydrogen-bond acceptors (Lipinski definition) is 0. The first-order valence-electron chi connectivity index (χ1n) is 6.07. The fraction of sp³-hybridized carbons (Fsp3) is 0.0588. The van der Waals surface area contributed by atoms with E-state index in [1.807, 2.05) is 6.07 Å². The summed E-state index contributed by atoms with van der Waals surface area (Å²) in [6.07, 6.45) is -4.29. The van der Waals surface area contributed by atoms with E-state index in [1.54, 1.807) is 36.4 Å². The van der Waals surface area contributed by atoms with Gasteiger partial charge >= 0.3 is 6.18 Å². The molecule has 0 heterocycles. The van der Waals surface area contributed by atoms with E-state index in [0.717, 1.165) is 0 Å². The minimum absolute atomic E-state index is 0.156. The van der Waals surface area contributed by atoms with Crippen molar-refractivity contribution in [2.75, 3.05) is 0 Å². The zero-order valence-corrected chi connectivity index (χ0v) is 11.5. The van der Waals surface area contributed by atoms with Crippen molar-refractivity contribution in [3.8, 4) is 11.8 Å². The van der Waals surface area contributed by atoms with Crippen LogP contribution < -0.4 is 0 Å². The van der Waals surface area contributed by atoms with Crippen LogP contribution in [0.2, 0.25) is 5.02 Å². The average Bonchev–Trinajstić information content (AvgIpc) is 2.44. The molecule has 0 saturated heterocycles. The summed E-state index contributed by atoms with van der Waals surface area (Å²) in [7, 11) is 0. The van der Waals surface area contributed by atoms with Gasteiger partial charge in [0.25, 0.3) is 0 Å². The van der Waals surface area contributed by atoms with Crippen LogP contribution >= 0.6 is 11.6 Å². The van der Waals surface area contributed by atoms with E-state index in [4.69, 9.17) is 11.6 Å². The molecule has 0 unspecified atom stereocenters. The summed E-state index contributed by atoms with van der Waals surface area (Å²) in [5, 5.41) is 0.232. The lowest BCUT2D eigenvalue weighted by Gasteiger charge is -2.05. The minimum Gasteiger partial charge on any atom is -0.167 e. The van der Waals surface area contributed by atoms with Crippen molar-refractivity contribution in [2.24, 2.45) is 0 Å². The SMILES string of the molecule is FC(F)(F)/C=C(/C#Cc1ccccc1)c1ccccc1Cl. The summed E-state index contributed by atoms with van der Waals surface area (Å²) in [5.74, 6) is 5.27. The second kappa shape index (κ2) is 6.51. The largest absolute Gasteiger partial charge is 0.410 e. The first-order valence-corrected chi connectivity index (χ1v) is 6.45. The molecule has 0 aliphatic heterocycles. The fourth-order valence-corrected chi connectivity index (χ4v) is 1.92. The van der Waals surface area contributed by atoms with Gasteiger partial charge in [-0.1, -0.05) is 59.8 Å². The van der Waals surface area contributed by atoms with E-state index in [0.29, 0.717) is 5.56 Å². The first kappa shape index (κ1) is 15.2.